The van der Waals surface area contributed by atoms with Crippen molar-refractivity contribution in [1.82, 2.24) is 0 Å². The predicted molar refractivity (Wildman–Crippen MR) is 56.9 cm³/mol. The molecule has 0 radical (unpaired) electrons. The van der Waals surface area contributed by atoms with Gasteiger partial charge in [0, 0.05) is 12.7 Å². The Bertz CT molecular complexity index is 363. The smallest absolute Gasteiger partial charge is 0.198 e. The molecule has 1 atom stereocenters. The van der Waals surface area contributed by atoms with Crippen LogP contribution in [0.25, 0.3) is 0 Å². The van der Waals surface area contributed by atoms with Gasteiger partial charge in [-0.1, -0.05) is 18.2 Å². The predicted octanol–water partition coefficient (Wildman–Crippen LogP) is 0.820. The van der Waals surface area contributed by atoms with Crippen LogP contribution >= 0.6 is 0 Å². The van der Waals surface area contributed by atoms with Crippen molar-refractivity contribution in [2.24, 2.45) is 0 Å². The number of aryl methyl sites for hydroxylation is 1. The van der Waals surface area contributed by atoms with Gasteiger partial charge in [0.05, 0.1) is 12.3 Å². The molecule has 0 bridgehead atoms. The van der Waals surface area contributed by atoms with Gasteiger partial charge >= 0.3 is 0 Å². The highest BCUT2D eigenvalue weighted by Gasteiger charge is 2.16. The zero-order valence-electron chi connectivity index (χ0n) is 8.82. The van der Waals surface area contributed by atoms with Gasteiger partial charge in [-0.25, -0.2) is 0 Å². The number of rotatable bonds is 4. The molecule has 82 valence electrons. The fraction of sp³-hybridized carbons (Fsp3) is 0.364. The Morgan fingerprint density at radius 2 is 2.20 bits per heavy atom. The molecular weight excluding hydrogens is 194 g/mol. The molecule has 0 spiro atoms. The first-order valence-corrected chi connectivity index (χ1v) is 4.60. The molecule has 1 aromatic carbocycles. The summed E-state index contributed by atoms with van der Waals surface area (Å²) >= 11 is 0. The van der Waals surface area contributed by atoms with Crippen molar-refractivity contribution in [3.05, 3.63) is 34.9 Å². The molecule has 4 nitrogen and oxygen atoms in total. The van der Waals surface area contributed by atoms with Crippen LogP contribution in [0, 0.1) is 12.3 Å². The minimum atomic E-state index is -1.25. The van der Waals surface area contributed by atoms with Crippen molar-refractivity contribution in [3.63, 3.8) is 0 Å². The third kappa shape index (κ3) is 2.41. The summed E-state index contributed by atoms with van der Waals surface area (Å²) in [5.74, 6) is 0. The Labute approximate surface area is 88.6 Å². The first kappa shape index (κ1) is 11.8. The van der Waals surface area contributed by atoms with Gasteiger partial charge in [0.25, 0.3) is 0 Å². The quantitative estimate of drug-likeness (QED) is 0.507. The Morgan fingerprint density at radius 1 is 1.53 bits per heavy atom. The van der Waals surface area contributed by atoms with E-state index in [9.17, 15) is 10.2 Å². The number of methoxy groups -OCH3 is 1. The van der Waals surface area contributed by atoms with Crippen LogP contribution in [0.2, 0.25) is 0 Å². The monoisotopic (exact) mass is 209 g/mol. The molecule has 0 saturated heterocycles. The van der Waals surface area contributed by atoms with Gasteiger partial charge in [0.2, 0.25) is 0 Å². The van der Waals surface area contributed by atoms with E-state index in [0.29, 0.717) is 11.1 Å². The maximum Gasteiger partial charge on any atom is 0.198 e. The van der Waals surface area contributed by atoms with Gasteiger partial charge in [-0.05, 0) is 18.1 Å². The molecule has 0 saturated carbocycles. The summed E-state index contributed by atoms with van der Waals surface area (Å²) in [6, 6.07) is 5.31. The Hall–Kier alpha value is -1.23. The molecule has 1 aromatic rings. The SMILES string of the molecule is COC(O)C(=N)c1cccc(C)c1CO. The summed E-state index contributed by atoms with van der Waals surface area (Å²) in [5, 5.41) is 26.2. The van der Waals surface area contributed by atoms with Crippen molar-refractivity contribution < 1.29 is 14.9 Å². The molecule has 4 heteroatoms. The van der Waals surface area contributed by atoms with E-state index in [1.165, 1.54) is 7.11 Å². The largest absolute Gasteiger partial charge is 0.392 e. The van der Waals surface area contributed by atoms with E-state index >= 15 is 0 Å². The summed E-state index contributed by atoms with van der Waals surface area (Å²) in [5.41, 5.74) is 2.03. The number of hydrogen-bond acceptors (Lipinski definition) is 4. The summed E-state index contributed by atoms with van der Waals surface area (Å²) in [4.78, 5) is 0. The third-order valence-electron chi connectivity index (χ3n) is 2.33. The van der Waals surface area contributed by atoms with E-state index in [1.54, 1.807) is 12.1 Å². The van der Waals surface area contributed by atoms with Gasteiger partial charge < -0.3 is 14.9 Å². The second-order valence-electron chi connectivity index (χ2n) is 3.26. The number of aliphatic hydroxyl groups excluding tert-OH is 2. The number of aliphatic hydroxyl groups is 2. The Kier molecular flexibility index (Phi) is 3.96. The van der Waals surface area contributed by atoms with E-state index < -0.39 is 6.29 Å². The number of benzene rings is 1. The molecule has 1 rings (SSSR count). The average molecular weight is 209 g/mol. The molecule has 0 aromatic heterocycles. The lowest BCUT2D eigenvalue weighted by Gasteiger charge is -2.14. The van der Waals surface area contributed by atoms with Gasteiger partial charge in [-0.3, -0.25) is 5.41 Å². The minimum Gasteiger partial charge on any atom is -0.392 e. The van der Waals surface area contributed by atoms with E-state index in [2.05, 4.69) is 4.74 Å². The molecule has 0 aliphatic heterocycles. The van der Waals surface area contributed by atoms with Crippen LogP contribution in [-0.2, 0) is 11.3 Å². The molecule has 0 fully saturated rings. The van der Waals surface area contributed by atoms with Crippen LogP contribution in [-0.4, -0.2) is 29.3 Å². The summed E-state index contributed by atoms with van der Waals surface area (Å²) in [6.45, 7) is 1.70. The lowest BCUT2D eigenvalue weighted by atomic mass is 9.98. The summed E-state index contributed by atoms with van der Waals surface area (Å²) < 4.78 is 4.66. The maximum atomic E-state index is 9.36. The Morgan fingerprint density at radius 3 is 2.73 bits per heavy atom. The van der Waals surface area contributed by atoms with Gasteiger partial charge in [0.15, 0.2) is 6.29 Å². The first-order valence-electron chi connectivity index (χ1n) is 4.60. The van der Waals surface area contributed by atoms with Crippen molar-refractivity contribution in [2.45, 2.75) is 19.8 Å². The normalized spacial score (nSPS) is 12.5. The van der Waals surface area contributed by atoms with E-state index in [0.717, 1.165) is 5.56 Å². The fourth-order valence-corrected chi connectivity index (χ4v) is 1.42. The van der Waals surface area contributed by atoms with Crippen LogP contribution in [0.3, 0.4) is 0 Å². The molecule has 0 aliphatic rings. The summed E-state index contributed by atoms with van der Waals surface area (Å²) in [6.07, 6.45) is -1.25. The van der Waals surface area contributed by atoms with Gasteiger partial charge in [-0.2, -0.15) is 0 Å². The highest BCUT2D eigenvalue weighted by Crippen LogP contribution is 2.16. The van der Waals surface area contributed by atoms with Crippen LogP contribution < -0.4 is 0 Å². The second-order valence-corrected chi connectivity index (χ2v) is 3.26. The first-order chi connectivity index (χ1) is 7.11. The lowest BCUT2D eigenvalue weighted by Crippen LogP contribution is -2.23. The van der Waals surface area contributed by atoms with Crippen LogP contribution in [0.1, 0.15) is 16.7 Å². The fourth-order valence-electron chi connectivity index (χ4n) is 1.42. The zero-order valence-corrected chi connectivity index (χ0v) is 8.82. The van der Waals surface area contributed by atoms with Crippen molar-refractivity contribution in [3.8, 4) is 0 Å². The standard InChI is InChI=1S/C11H15NO3/c1-7-4-3-5-8(9(7)6-13)10(12)11(14)15-2/h3-5,11-14H,6H2,1-2H3. The van der Waals surface area contributed by atoms with Gasteiger partial charge in [-0.15, -0.1) is 0 Å². The highest BCUT2D eigenvalue weighted by molar-refractivity contribution is 6.02. The topological polar surface area (TPSA) is 73.5 Å². The lowest BCUT2D eigenvalue weighted by molar-refractivity contribution is -0.0200. The molecule has 0 heterocycles. The van der Waals surface area contributed by atoms with E-state index in [-0.39, 0.29) is 12.3 Å². The number of nitrogens with one attached hydrogen (secondary N) is 1. The third-order valence-corrected chi connectivity index (χ3v) is 2.33. The van der Waals surface area contributed by atoms with E-state index in [1.807, 2.05) is 13.0 Å². The van der Waals surface area contributed by atoms with Crippen LogP contribution in [0.4, 0.5) is 0 Å². The second kappa shape index (κ2) is 5.02. The molecule has 0 aliphatic carbocycles. The number of hydrogen-bond donors (Lipinski definition) is 3. The summed E-state index contributed by atoms with van der Waals surface area (Å²) in [7, 11) is 1.33. The van der Waals surface area contributed by atoms with Crippen LogP contribution in [0.5, 0.6) is 0 Å². The van der Waals surface area contributed by atoms with Crippen molar-refractivity contribution in [2.75, 3.05) is 7.11 Å². The maximum absolute atomic E-state index is 9.36. The van der Waals surface area contributed by atoms with Crippen LogP contribution in [0.15, 0.2) is 18.2 Å². The van der Waals surface area contributed by atoms with Crippen molar-refractivity contribution >= 4 is 5.71 Å². The average Bonchev–Trinajstić information content (AvgIpc) is 2.26. The molecule has 3 N–H and O–H groups in total. The molecule has 15 heavy (non-hydrogen) atoms. The Balaban J connectivity index is 3.13. The zero-order chi connectivity index (χ0) is 11.4. The van der Waals surface area contributed by atoms with E-state index in [4.69, 9.17) is 5.41 Å². The minimum absolute atomic E-state index is 0.0368. The molecule has 0 amide bonds. The highest BCUT2D eigenvalue weighted by atomic mass is 16.6. The van der Waals surface area contributed by atoms with Crippen molar-refractivity contribution in [1.29, 1.82) is 5.41 Å². The number of ether oxygens (including phenoxy) is 1. The molecular formula is C11H15NO3. The molecule has 1 unspecified atom stereocenters. The van der Waals surface area contributed by atoms with Gasteiger partial charge in [0.1, 0.15) is 0 Å².